The number of anilines is 2. The summed E-state index contributed by atoms with van der Waals surface area (Å²) in [6, 6.07) is 2.28. The maximum atomic E-state index is 15.0. The second-order valence-electron chi connectivity index (χ2n) is 8.27. The van der Waals surface area contributed by atoms with Crippen molar-refractivity contribution in [1.29, 1.82) is 0 Å². The summed E-state index contributed by atoms with van der Waals surface area (Å²) in [6.45, 7) is 4.66. The molecule has 0 saturated carbocycles. The molecule has 12 heteroatoms. The van der Waals surface area contributed by atoms with Gasteiger partial charge in [-0.25, -0.2) is 13.6 Å². The Balaban J connectivity index is 1.43. The molecule has 3 aliphatic heterocycles. The maximum absolute atomic E-state index is 15.0. The minimum Gasteiger partial charge on any atom is -0.442 e. The lowest BCUT2D eigenvalue weighted by Gasteiger charge is -2.37. The third kappa shape index (κ3) is 4.26. The minimum atomic E-state index is -0.750. The fraction of sp³-hybridized carbons (Fsp3) is 0.600. The number of benzene rings is 1. The summed E-state index contributed by atoms with van der Waals surface area (Å²) in [5.74, 6) is -1.58. The number of amides is 2. The van der Waals surface area contributed by atoms with Crippen LogP contribution in [0.1, 0.15) is 33.1 Å². The van der Waals surface area contributed by atoms with Crippen molar-refractivity contribution < 1.29 is 23.1 Å². The van der Waals surface area contributed by atoms with Gasteiger partial charge in [-0.05, 0) is 30.2 Å². The van der Waals surface area contributed by atoms with E-state index in [0.717, 1.165) is 12.1 Å². The van der Waals surface area contributed by atoms with Gasteiger partial charge in [0.15, 0.2) is 17.3 Å². The van der Waals surface area contributed by atoms with Gasteiger partial charge in [0.05, 0.1) is 18.8 Å². The Morgan fingerprint density at radius 1 is 1.22 bits per heavy atom. The highest BCUT2D eigenvalue weighted by Crippen LogP contribution is 2.38. The Bertz CT molecular complexity index is 928. The zero-order valence-corrected chi connectivity index (χ0v) is 17.9. The van der Waals surface area contributed by atoms with Gasteiger partial charge in [0, 0.05) is 37.6 Å². The van der Waals surface area contributed by atoms with Crippen molar-refractivity contribution >= 4 is 23.4 Å². The zero-order chi connectivity index (χ0) is 22.9. The summed E-state index contributed by atoms with van der Waals surface area (Å²) >= 11 is 0. The van der Waals surface area contributed by atoms with E-state index in [2.05, 4.69) is 26.0 Å². The monoisotopic (exact) mass is 449 g/mol. The third-order valence-corrected chi connectivity index (χ3v) is 6.15. The molecular weight excluding hydrogens is 424 g/mol. The van der Waals surface area contributed by atoms with E-state index in [0.29, 0.717) is 32.4 Å². The van der Waals surface area contributed by atoms with Gasteiger partial charge in [-0.15, -0.1) is 10.2 Å². The molecule has 10 nitrogen and oxygen atoms in total. The molecule has 1 unspecified atom stereocenters. The molecule has 0 spiro atoms. The maximum Gasteiger partial charge on any atom is 0.414 e. The van der Waals surface area contributed by atoms with Crippen LogP contribution in [0.5, 0.6) is 0 Å². The molecular formula is C20H25F2N7O3. The molecule has 1 N–H and O–H groups in total. The molecule has 1 aromatic rings. The van der Waals surface area contributed by atoms with E-state index >= 15 is 0 Å². The first kappa shape index (κ1) is 22.0. The van der Waals surface area contributed by atoms with Gasteiger partial charge in [0.25, 0.3) is 0 Å². The van der Waals surface area contributed by atoms with E-state index in [1.807, 2.05) is 6.92 Å². The number of cyclic esters (lactones) is 1. The number of carbonyl (C=O) groups is 2. The van der Waals surface area contributed by atoms with Crippen LogP contribution in [0.2, 0.25) is 0 Å². The van der Waals surface area contributed by atoms with Gasteiger partial charge in [0.1, 0.15) is 11.8 Å². The summed E-state index contributed by atoms with van der Waals surface area (Å²) in [7, 11) is 0. The highest BCUT2D eigenvalue weighted by molar-refractivity contribution is 5.90. The van der Waals surface area contributed by atoms with Crippen LogP contribution in [-0.4, -0.2) is 49.9 Å². The summed E-state index contributed by atoms with van der Waals surface area (Å²) in [5, 5.41) is 18.0. The number of nitrogens with zero attached hydrogens (tertiary/aromatic N) is 6. The van der Waals surface area contributed by atoms with Crippen molar-refractivity contribution in [2.75, 3.05) is 36.0 Å². The number of nitrogens with one attached hydrogen (secondary N) is 1. The lowest BCUT2D eigenvalue weighted by atomic mass is 9.86. The molecule has 2 fully saturated rings. The average molecular weight is 449 g/mol. The molecule has 32 heavy (non-hydrogen) atoms. The highest BCUT2D eigenvalue weighted by atomic mass is 19.1. The smallest absolute Gasteiger partial charge is 0.414 e. The summed E-state index contributed by atoms with van der Waals surface area (Å²) in [4.78, 5) is 26.4. The van der Waals surface area contributed by atoms with Gasteiger partial charge >= 0.3 is 6.09 Å². The quantitative estimate of drug-likeness (QED) is 0.715. The van der Waals surface area contributed by atoms with Crippen molar-refractivity contribution in [3.05, 3.63) is 23.8 Å². The van der Waals surface area contributed by atoms with E-state index < -0.39 is 29.5 Å². The van der Waals surface area contributed by atoms with Crippen molar-refractivity contribution in [2.45, 2.75) is 44.9 Å². The Labute approximate surface area is 183 Å². The summed E-state index contributed by atoms with van der Waals surface area (Å²) < 4.78 is 35.1. The van der Waals surface area contributed by atoms with Crippen LogP contribution in [0.15, 0.2) is 32.8 Å². The largest absolute Gasteiger partial charge is 0.442 e. The number of piperidine rings is 1. The molecule has 2 saturated heterocycles. The molecule has 4 rings (SSSR count). The van der Waals surface area contributed by atoms with E-state index in [1.165, 1.54) is 4.90 Å². The van der Waals surface area contributed by atoms with Gasteiger partial charge in [-0.3, -0.25) is 9.69 Å². The van der Waals surface area contributed by atoms with Crippen molar-refractivity contribution in [2.24, 2.45) is 26.6 Å². The Morgan fingerprint density at radius 3 is 2.44 bits per heavy atom. The zero-order valence-electron chi connectivity index (χ0n) is 17.9. The highest BCUT2D eigenvalue weighted by Gasteiger charge is 2.40. The van der Waals surface area contributed by atoms with Crippen LogP contribution in [-0.2, 0) is 9.53 Å². The first-order chi connectivity index (χ1) is 15.3. The number of hydrogen-bond donors (Lipinski definition) is 1. The fourth-order valence-corrected chi connectivity index (χ4v) is 4.26. The molecule has 0 aromatic heterocycles. The molecule has 3 heterocycles. The van der Waals surface area contributed by atoms with Crippen molar-refractivity contribution in [3.63, 3.8) is 0 Å². The van der Waals surface area contributed by atoms with Gasteiger partial charge in [0.2, 0.25) is 5.91 Å². The van der Waals surface area contributed by atoms with Gasteiger partial charge in [-0.2, -0.15) is 0 Å². The summed E-state index contributed by atoms with van der Waals surface area (Å²) in [5.41, 5.74) is -0.755. The molecule has 1 aromatic carbocycles. The van der Waals surface area contributed by atoms with Gasteiger partial charge < -0.3 is 15.0 Å². The molecule has 172 valence electrons. The first-order valence-electron chi connectivity index (χ1n) is 10.6. The van der Waals surface area contributed by atoms with Crippen molar-refractivity contribution in [3.8, 4) is 0 Å². The molecule has 3 aliphatic rings. The van der Waals surface area contributed by atoms with Crippen LogP contribution in [0, 0.1) is 17.6 Å². The van der Waals surface area contributed by atoms with E-state index in [4.69, 9.17) is 4.74 Å². The standard InChI is InChI=1S/C20H25F2N7O3/c1-3-17(30)23-10-14-11-29(19(31)32-14)13-8-15(21)18(16(22)9-13)28-6-4-12(5-7-28)20(2)24-26-27-25-20/h8-9,12,14H,3-7,10-11H2,1-2H3,(H,23,30). The second kappa shape index (κ2) is 8.75. The Kier molecular flexibility index (Phi) is 6.02. The topological polar surface area (TPSA) is 111 Å². The summed E-state index contributed by atoms with van der Waals surface area (Å²) in [6.07, 6.45) is 0.292. The third-order valence-electron chi connectivity index (χ3n) is 6.15. The minimum absolute atomic E-state index is 0.0762. The van der Waals surface area contributed by atoms with Crippen LogP contribution >= 0.6 is 0 Å². The first-order valence-corrected chi connectivity index (χ1v) is 10.6. The number of hydrogen-bond acceptors (Lipinski definition) is 8. The van der Waals surface area contributed by atoms with Gasteiger partial charge in [-0.1, -0.05) is 6.92 Å². The SMILES string of the molecule is CCC(=O)NCC1CN(c2cc(F)c(N3CCC(C4(C)N=NN=N4)CC3)c(F)c2)C(=O)O1. The molecule has 0 aliphatic carbocycles. The van der Waals surface area contributed by atoms with Crippen molar-refractivity contribution in [1.82, 2.24) is 5.32 Å². The van der Waals surface area contributed by atoms with Crippen LogP contribution < -0.4 is 15.1 Å². The van der Waals surface area contributed by atoms with Crippen LogP contribution in [0.4, 0.5) is 25.0 Å². The normalized spacial score (nSPS) is 22.5. The molecule has 0 radical (unpaired) electrons. The number of carbonyl (C=O) groups excluding carboxylic acids is 2. The number of ether oxygens (including phenoxy) is 1. The average Bonchev–Trinajstić information content (AvgIpc) is 3.38. The Hall–Kier alpha value is -3.18. The lowest BCUT2D eigenvalue weighted by Crippen LogP contribution is -2.41. The second-order valence-corrected chi connectivity index (χ2v) is 8.27. The van der Waals surface area contributed by atoms with E-state index in [9.17, 15) is 18.4 Å². The Morgan fingerprint density at radius 2 is 1.84 bits per heavy atom. The molecule has 1 atom stereocenters. The fourth-order valence-electron chi connectivity index (χ4n) is 4.26. The van der Waals surface area contributed by atoms with E-state index in [-0.39, 0.29) is 36.3 Å². The van der Waals surface area contributed by atoms with Crippen LogP contribution in [0.3, 0.4) is 0 Å². The van der Waals surface area contributed by atoms with E-state index in [1.54, 1.807) is 11.8 Å². The molecule has 0 bridgehead atoms. The predicted octanol–water partition coefficient (Wildman–Crippen LogP) is 3.58. The molecule has 2 amide bonds. The lowest BCUT2D eigenvalue weighted by molar-refractivity contribution is -0.121. The predicted molar refractivity (Wildman–Crippen MR) is 110 cm³/mol. The van der Waals surface area contributed by atoms with Crippen LogP contribution in [0.25, 0.3) is 0 Å². The number of halogens is 2. The number of rotatable bonds is 6.